The standard InChI is InChI=1S/C12H15N3O6/c1-13-8(3-4-10(13)15(19)20)11(17)14-6-7(16)5-9(14)12(18)21-2/h3-4,7,9,16H,5-6H2,1-2H3. The molecule has 1 N–H and O–H groups in total. The quantitative estimate of drug-likeness (QED) is 0.464. The van der Waals surface area contributed by atoms with Gasteiger partial charge in [-0.3, -0.25) is 4.79 Å². The van der Waals surface area contributed by atoms with Gasteiger partial charge in [0.1, 0.15) is 6.04 Å². The summed E-state index contributed by atoms with van der Waals surface area (Å²) in [6, 6.07) is 1.65. The van der Waals surface area contributed by atoms with Crippen molar-refractivity contribution in [2.75, 3.05) is 13.7 Å². The van der Waals surface area contributed by atoms with Crippen LogP contribution < -0.4 is 0 Å². The highest BCUT2D eigenvalue weighted by Gasteiger charge is 2.41. The number of ether oxygens (including phenoxy) is 1. The van der Waals surface area contributed by atoms with Crippen LogP contribution in [0.25, 0.3) is 0 Å². The van der Waals surface area contributed by atoms with Gasteiger partial charge in [-0.15, -0.1) is 0 Å². The molecular formula is C12H15N3O6. The van der Waals surface area contributed by atoms with Crippen molar-refractivity contribution < 1.29 is 24.4 Å². The molecule has 1 aromatic heterocycles. The van der Waals surface area contributed by atoms with Crippen molar-refractivity contribution in [1.29, 1.82) is 0 Å². The Morgan fingerprint density at radius 2 is 2.14 bits per heavy atom. The van der Waals surface area contributed by atoms with E-state index in [9.17, 15) is 24.8 Å². The number of hydrogen-bond donors (Lipinski definition) is 1. The van der Waals surface area contributed by atoms with Crippen LogP contribution in [0.5, 0.6) is 0 Å². The van der Waals surface area contributed by atoms with E-state index in [1.807, 2.05) is 0 Å². The Balaban J connectivity index is 2.30. The number of carbonyl (C=O) groups excluding carboxylic acids is 2. The highest BCUT2D eigenvalue weighted by atomic mass is 16.6. The van der Waals surface area contributed by atoms with Crippen LogP contribution in [0, 0.1) is 10.1 Å². The zero-order valence-electron chi connectivity index (χ0n) is 11.6. The van der Waals surface area contributed by atoms with Crippen molar-refractivity contribution in [2.45, 2.75) is 18.6 Å². The van der Waals surface area contributed by atoms with Gasteiger partial charge in [-0.1, -0.05) is 0 Å². The predicted octanol–water partition coefficient (Wildman–Crippen LogP) is -0.318. The summed E-state index contributed by atoms with van der Waals surface area (Å²) < 4.78 is 5.75. The second kappa shape index (κ2) is 5.52. The monoisotopic (exact) mass is 297 g/mol. The molecule has 21 heavy (non-hydrogen) atoms. The third-order valence-electron chi connectivity index (χ3n) is 3.51. The number of β-amino-alcohol motifs (C(OH)–C–C–N with tert-alkyl or cyclic N) is 1. The second-order valence-corrected chi connectivity index (χ2v) is 4.78. The molecule has 2 heterocycles. The lowest BCUT2D eigenvalue weighted by molar-refractivity contribution is -0.391. The minimum atomic E-state index is -0.883. The molecular weight excluding hydrogens is 282 g/mol. The molecule has 114 valence electrons. The molecule has 0 aliphatic carbocycles. The molecule has 2 unspecified atom stereocenters. The number of nitro groups is 1. The van der Waals surface area contributed by atoms with Crippen LogP contribution in [-0.2, 0) is 16.6 Å². The molecule has 9 nitrogen and oxygen atoms in total. The lowest BCUT2D eigenvalue weighted by Crippen LogP contribution is -2.41. The van der Waals surface area contributed by atoms with Gasteiger partial charge >= 0.3 is 11.8 Å². The van der Waals surface area contributed by atoms with E-state index in [1.165, 1.54) is 31.2 Å². The minimum Gasteiger partial charge on any atom is -0.467 e. The summed E-state index contributed by atoms with van der Waals surface area (Å²) in [5.74, 6) is -1.41. The van der Waals surface area contributed by atoms with E-state index in [0.29, 0.717) is 0 Å². The molecule has 1 saturated heterocycles. The Hall–Kier alpha value is -2.42. The third-order valence-corrected chi connectivity index (χ3v) is 3.51. The largest absolute Gasteiger partial charge is 0.467 e. The van der Waals surface area contributed by atoms with Gasteiger partial charge in [-0.25, -0.2) is 9.36 Å². The molecule has 0 bridgehead atoms. The van der Waals surface area contributed by atoms with Gasteiger partial charge in [0.2, 0.25) is 0 Å². The van der Waals surface area contributed by atoms with Crippen LogP contribution in [0.15, 0.2) is 12.1 Å². The van der Waals surface area contributed by atoms with E-state index >= 15 is 0 Å². The number of aromatic nitrogens is 1. The average Bonchev–Trinajstić information content (AvgIpc) is 3.00. The fourth-order valence-corrected chi connectivity index (χ4v) is 2.44. The smallest absolute Gasteiger partial charge is 0.328 e. The van der Waals surface area contributed by atoms with Gasteiger partial charge in [0.25, 0.3) is 5.91 Å². The lowest BCUT2D eigenvalue weighted by atomic mass is 10.2. The molecule has 2 rings (SSSR count). The van der Waals surface area contributed by atoms with E-state index in [0.717, 1.165) is 4.57 Å². The van der Waals surface area contributed by atoms with E-state index in [1.54, 1.807) is 0 Å². The predicted molar refractivity (Wildman–Crippen MR) is 69.5 cm³/mol. The van der Waals surface area contributed by atoms with Crippen LogP contribution in [0.3, 0.4) is 0 Å². The Morgan fingerprint density at radius 1 is 1.48 bits per heavy atom. The molecule has 1 aliphatic heterocycles. The molecule has 1 amide bonds. The Morgan fingerprint density at radius 3 is 2.67 bits per heavy atom. The van der Waals surface area contributed by atoms with Crippen LogP contribution in [0.2, 0.25) is 0 Å². The lowest BCUT2D eigenvalue weighted by Gasteiger charge is -2.21. The van der Waals surface area contributed by atoms with Gasteiger partial charge in [-0.2, -0.15) is 0 Å². The first kappa shape index (κ1) is 15.0. The number of carbonyl (C=O) groups is 2. The number of amides is 1. The van der Waals surface area contributed by atoms with E-state index in [2.05, 4.69) is 4.74 Å². The van der Waals surface area contributed by atoms with Gasteiger partial charge in [0, 0.05) is 19.0 Å². The van der Waals surface area contributed by atoms with Gasteiger partial charge in [0.15, 0.2) is 5.69 Å². The number of aliphatic hydroxyl groups is 1. The highest BCUT2D eigenvalue weighted by Crippen LogP contribution is 2.24. The van der Waals surface area contributed by atoms with E-state index in [4.69, 9.17) is 0 Å². The second-order valence-electron chi connectivity index (χ2n) is 4.78. The first-order valence-electron chi connectivity index (χ1n) is 6.23. The summed E-state index contributed by atoms with van der Waals surface area (Å²) >= 11 is 0. The number of aliphatic hydroxyl groups excluding tert-OH is 1. The number of nitrogens with zero attached hydrogens (tertiary/aromatic N) is 3. The maximum absolute atomic E-state index is 12.4. The van der Waals surface area contributed by atoms with Crippen molar-refractivity contribution in [3.8, 4) is 0 Å². The van der Waals surface area contributed by atoms with Crippen molar-refractivity contribution in [2.24, 2.45) is 7.05 Å². The SMILES string of the molecule is COC(=O)C1CC(O)CN1C(=O)c1ccc([N+](=O)[O-])n1C. The fourth-order valence-electron chi connectivity index (χ4n) is 2.44. The molecule has 0 radical (unpaired) electrons. The summed E-state index contributed by atoms with van der Waals surface area (Å²) in [5, 5.41) is 20.5. The minimum absolute atomic E-state index is 0.0163. The first-order valence-corrected chi connectivity index (χ1v) is 6.23. The topological polar surface area (TPSA) is 115 Å². The first-order chi connectivity index (χ1) is 9.86. The summed E-state index contributed by atoms with van der Waals surface area (Å²) in [5.41, 5.74) is 0.0738. The van der Waals surface area contributed by atoms with Gasteiger partial charge < -0.3 is 24.9 Å². The number of rotatable bonds is 3. The molecule has 0 aromatic carbocycles. The maximum Gasteiger partial charge on any atom is 0.328 e. The highest BCUT2D eigenvalue weighted by molar-refractivity contribution is 5.96. The Labute approximate surface area is 119 Å². The number of methoxy groups -OCH3 is 1. The van der Waals surface area contributed by atoms with Crippen LogP contribution in [0.1, 0.15) is 16.9 Å². The number of likely N-dealkylation sites (tertiary alicyclic amines) is 1. The molecule has 1 aliphatic rings. The number of hydrogen-bond acceptors (Lipinski definition) is 6. The van der Waals surface area contributed by atoms with Crippen molar-refractivity contribution >= 4 is 17.7 Å². The molecule has 2 atom stereocenters. The summed E-state index contributed by atoms with van der Waals surface area (Å²) in [4.78, 5) is 35.5. The molecule has 0 saturated carbocycles. The summed E-state index contributed by atoms with van der Waals surface area (Å²) in [7, 11) is 2.59. The van der Waals surface area contributed by atoms with Crippen molar-refractivity contribution in [3.63, 3.8) is 0 Å². The van der Waals surface area contributed by atoms with Crippen LogP contribution in [0.4, 0.5) is 5.82 Å². The number of esters is 1. The molecule has 1 fully saturated rings. The normalized spacial score (nSPS) is 21.4. The summed E-state index contributed by atoms with van der Waals surface area (Å²) in [6.45, 7) is -0.0163. The van der Waals surface area contributed by atoms with Crippen molar-refractivity contribution in [1.82, 2.24) is 9.47 Å². The Bertz CT molecular complexity index is 596. The fraction of sp³-hybridized carbons (Fsp3) is 0.500. The van der Waals surface area contributed by atoms with E-state index < -0.39 is 28.9 Å². The van der Waals surface area contributed by atoms with Crippen LogP contribution >= 0.6 is 0 Å². The third kappa shape index (κ3) is 2.59. The molecule has 0 spiro atoms. The Kier molecular flexibility index (Phi) is 3.94. The van der Waals surface area contributed by atoms with Crippen LogP contribution in [-0.4, -0.2) is 57.2 Å². The zero-order chi connectivity index (χ0) is 15.7. The molecule has 9 heteroatoms. The zero-order valence-corrected chi connectivity index (χ0v) is 11.6. The van der Waals surface area contributed by atoms with Crippen molar-refractivity contribution in [3.05, 3.63) is 27.9 Å². The maximum atomic E-state index is 12.4. The van der Waals surface area contributed by atoms with E-state index in [-0.39, 0.29) is 24.5 Å². The molecule has 1 aromatic rings. The van der Waals surface area contributed by atoms with Gasteiger partial charge in [0.05, 0.1) is 20.3 Å². The summed E-state index contributed by atoms with van der Waals surface area (Å²) in [6.07, 6.45) is -0.737. The van der Waals surface area contributed by atoms with Gasteiger partial charge in [-0.05, 0) is 11.0 Å². The average molecular weight is 297 g/mol.